The molecule has 1 N–H and O–H groups in total. The van der Waals surface area contributed by atoms with Crippen molar-refractivity contribution in [1.29, 1.82) is 0 Å². The van der Waals surface area contributed by atoms with Crippen LogP contribution in [0.3, 0.4) is 0 Å². The van der Waals surface area contributed by atoms with E-state index in [1.54, 1.807) is 25.1 Å². The predicted octanol–water partition coefficient (Wildman–Crippen LogP) is 4.54. The number of hydrogen-bond donors (Lipinski definition) is 1. The van der Waals surface area contributed by atoms with Gasteiger partial charge in [-0.25, -0.2) is 9.97 Å². The molecule has 130 valence electrons. The predicted molar refractivity (Wildman–Crippen MR) is 101 cm³/mol. The average molecular weight is 368 g/mol. The molecular formula is C18H14ClN5O2. The zero-order valence-corrected chi connectivity index (χ0v) is 14.5. The topological polar surface area (TPSA) is 93.3 Å². The number of nitro benzene ring substituents is 1. The van der Waals surface area contributed by atoms with Crippen LogP contribution in [0, 0.1) is 10.1 Å². The van der Waals surface area contributed by atoms with Crippen LogP contribution >= 0.6 is 11.6 Å². The van der Waals surface area contributed by atoms with E-state index >= 15 is 0 Å². The first-order valence-electron chi connectivity index (χ1n) is 7.68. The second-order valence-corrected chi connectivity index (χ2v) is 5.77. The van der Waals surface area contributed by atoms with E-state index < -0.39 is 4.92 Å². The molecule has 1 aromatic heterocycles. The quantitative estimate of drug-likeness (QED) is 0.309. The van der Waals surface area contributed by atoms with Gasteiger partial charge in [0.15, 0.2) is 11.6 Å². The van der Waals surface area contributed by atoms with Crippen molar-refractivity contribution in [1.82, 2.24) is 9.97 Å². The highest BCUT2D eigenvalue weighted by molar-refractivity contribution is 6.29. The second-order valence-electron chi connectivity index (χ2n) is 5.38. The number of nitrogens with zero attached hydrogens (tertiary/aromatic N) is 4. The van der Waals surface area contributed by atoms with Crippen LogP contribution in [0.2, 0.25) is 5.15 Å². The van der Waals surface area contributed by atoms with Crippen molar-refractivity contribution in [2.24, 2.45) is 5.10 Å². The molecule has 3 rings (SSSR count). The minimum absolute atomic E-state index is 0.0320. The van der Waals surface area contributed by atoms with E-state index in [2.05, 4.69) is 20.5 Å². The maximum absolute atomic E-state index is 10.7. The second kappa shape index (κ2) is 7.71. The van der Waals surface area contributed by atoms with Crippen molar-refractivity contribution >= 4 is 28.8 Å². The smallest absolute Gasteiger partial charge is 0.261 e. The normalized spacial score (nSPS) is 11.2. The molecule has 0 aliphatic carbocycles. The number of non-ortho nitro benzene ring substituents is 1. The number of anilines is 1. The number of hydrazone groups is 1. The zero-order chi connectivity index (χ0) is 18.5. The minimum atomic E-state index is -0.442. The Morgan fingerprint density at radius 3 is 2.46 bits per heavy atom. The molecule has 0 saturated carbocycles. The number of hydrogen-bond acceptors (Lipinski definition) is 6. The molecule has 0 amide bonds. The van der Waals surface area contributed by atoms with E-state index in [0.29, 0.717) is 22.5 Å². The molecule has 0 fully saturated rings. The largest absolute Gasteiger partial charge is 0.269 e. The third kappa shape index (κ3) is 4.20. The molecular weight excluding hydrogens is 354 g/mol. The van der Waals surface area contributed by atoms with Gasteiger partial charge >= 0.3 is 0 Å². The van der Waals surface area contributed by atoms with E-state index in [0.717, 1.165) is 11.1 Å². The minimum Gasteiger partial charge on any atom is -0.261 e. The summed E-state index contributed by atoms with van der Waals surface area (Å²) in [6.07, 6.45) is 0. The number of rotatable bonds is 5. The Balaban J connectivity index is 1.81. The lowest BCUT2D eigenvalue weighted by molar-refractivity contribution is -0.384. The van der Waals surface area contributed by atoms with Crippen molar-refractivity contribution < 1.29 is 4.92 Å². The highest BCUT2D eigenvalue weighted by atomic mass is 35.5. The van der Waals surface area contributed by atoms with Gasteiger partial charge in [-0.3, -0.25) is 15.5 Å². The summed E-state index contributed by atoms with van der Waals surface area (Å²) in [6, 6.07) is 17.2. The first kappa shape index (κ1) is 17.5. The molecule has 3 aromatic rings. The van der Waals surface area contributed by atoms with E-state index in [9.17, 15) is 10.1 Å². The third-order valence-corrected chi connectivity index (χ3v) is 3.75. The van der Waals surface area contributed by atoms with Gasteiger partial charge in [0.2, 0.25) is 0 Å². The monoisotopic (exact) mass is 367 g/mol. The van der Waals surface area contributed by atoms with Gasteiger partial charge in [-0.15, -0.1) is 0 Å². The maximum Gasteiger partial charge on any atom is 0.269 e. The first-order chi connectivity index (χ1) is 12.5. The summed E-state index contributed by atoms with van der Waals surface area (Å²) in [7, 11) is 0. The first-order valence-corrected chi connectivity index (χ1v) is 8.06. The number of nitrogens with one attached hydrogen (secondary N) is 1. The van der Waals surface area contributed by atoms with Crippen molar-refractivity contribution in [3.05, 3.63) is 81.5 Å². The van der Waals surface area contributed by atoms with Crippen LogP contribution in [0.25, 0.3) is 11.4 Å². The Morgan fingerprint density at radius 1 is 1.12 bits per heavy atom. The van der Waals surface area contributed by atoms with E-state index in [-0.39, 0.29) is 5.69 Å². The highest BCUT2D eigenvalue weighted by Crippen LogP contribution is 2.20. The molecule has 8 heteroatoms. The van der Waals surface area contributed by atoms with Gasteiger partial charge in [0, 0.05) is 23.8 Å². The van der Waals surface area contributed by atoms with Crippen molar-refractivity contribution in [2.45, 2.75) is 6.92 Å². The Hall–Kier alpha value is -3.32. The molecule has 0 bridgehead atoms. The number of aromatic nitrogens is 2. The molecule has 0 spiro atoms. The Morgan fingerprint density at radius 2 is 1.81 bits per heavy atom. The Labute approximate surface area is 154 Å². The van der Waals surface area contributed by atoms with Gasteiger partial charge in [-0.2, -0.15) is 5.10 Å². The lowest BCUT2D eigenvalue weighted by Gasteiger charge is -2.06. The summed E-state index contributed by atoms with van der Waals surface area (Å²) in [5.41, 5.74) is 5.13. The average Bonchev–Trinajstić information content (AvgIpc) is 2.66. The standard InChI is InChI=1S/C18H14ClN5O2/c1-12(13-7-9-15(10-8-13)24(25)26)22-23-17-11-16(19)20-18(21-17)14-5-3-2-4-6-14/h2-11H,1H3,(H,20,21,23)/b22-12-. The fourth-order valence-corrected chi connectivity index (χ4v) is 2.40. The van der Waals surface area contributed by atoms with Crippen molar-refractivity contribution in [3.63, 3.8) is 0 Å². The molecule has 7 nitrogen and oxygen atoms in total. The summed E-state index contributed by atoms with van der Waals surface area (Å²) in [5, 5.41) is 15.3. The molecule has 0 aliphatic heterocycles. The van der Waals surface area contributed by atoms with E-state index in [1.807, 2.05) is 30.3 Å². The molecule has 0 atom stereocenters. The number of benzene rings is 2. The molecule has 2 aromatic carbocycles. The van der Waals surface area contributed by atoms with Crippen LogP contribution in [-0.4, -0.2) is 20.6 Å². The number of nitro groups is 1. The summed E-state index contributed by atoms with van der Waals surface area (Å²) < 4.78 is 0. The summed E-state index contributed by atoms with van der Waals surface area (Å²) in [6.45, 7) is 1.79. The van der Waals surface area contributed by atoms with Gasteiger partial charge in [-0.1, -0.05) is 41.9 Å². The summed E-state index contributed by atoms with van der Waals surface area (Å²) in [5.74, 6) is 0.939. The molecule has 0 radical (unpaired) electrons. The fourth-order valence-electron chi connectivity index (χ4n) is 2.22. The van der Waals surface area contributed by atoms with Crippen LogP contribution in [0.15, 0.2) is 65.8 Å². The van der Waals surface area contributed by atoms with Gasteiger partial charge in [0.05, 0.1) is 10.6 Å². The van der Waals surface area contributed by atoms with Crippen LogP contribution in [0.1, 0.15) is 12.5 Å². The van der Waals surface area contributed by atoms with Gasteiger partial charge in [0.1, 0.15) is 5.15 Å². The van der Waals surface area contributed by atoms with Crippen LogP contribution in [0.4, 0.5) is 11.5 Å². The third-order valence-electron chi connectivity index (χ3n) is 3.56. The fraction of sp³-hybridized carbons (Fsp3) is 0.0556. The van der Waals surface area contributed by atoms with Crippen molar-refractivity contribution in [3.8, 4) is 11.4 Å². The Bertz CT molecular complexity index is 959. The molecule has 0 saturated heterocycles. The van der Waals surface area contributed by atoms with Crippen LogP contribution < -0.4 is 5.43 Å². The lowest BCUT2D eigenvalue weighted by atomic mass is 10.1. The van der Waals surface area contributed by atoms with E-state index in [4.69, 9.17) is 11.6 Å². The SMILES string of the molecule is C/C(=N/Nc1cc(Cl)nc(-c2ccccc2)n1)c1ccc([N+](=O)[O-])cc1. The van der Waals surface area contributed by atoms with Gasteiger partial charge < -0.3 is 0 Å². The zero-order valence-electron chi connectivity index (χ0n) is 13.8. The summed E-state index contributed by atoms with van der Waals surface area (Å²) in [4.78, 5) is 18.9. The molecule has 0 aliphatic rings. The Kier molecular flexibility index (Phi) is 5.19. The lowest BCUT2D eigenvalue weighted by Crippen LogP contribution is -2.02. The number of halogens is 1. The van der Waals surface area contributed by atoms with E-state index in [1.165, 1.54) is 12.1 Å². The van der Waals surface area contributed by atoms with Crippen LogP contribution in [0.5, 0.6) is 0 Å². The van der Waals surface area contributed by atoms with Gasteiger partial charge in [0.25, 0.3) is 5.69 Å². The van der Waals surface area contributed by atoms with Gasteiger partial charge in [-0.05, 0) is 24.6 Å². The molecule has 0 unspecified atom stereocenters. The van der Waals surface area contributed by atoms with Crippen molar-refractivity contribution in [2.75, 3.05) is 5.43 Å². The maximum atomic E-state index is 10.7. The summed E-state index contributed by atoms with van der Waals surface area (Å²) >= 11 is 6.08. The highest BCUT2D eigenvalue weighted by Gasteiger charge is 2.07. The molecule has 26 heavy (non-hydrogen) atoms. The molecule has 1 heterocycles. The van der Waals surface area contributed by atoms with Crippen LogP contribution in [-0.2, 0) is 0 Å².